The van der Waals surface area contributed by atoms with Crippen LogP contribution in [0.4, 0.5) is 0 Å². The maximum Gasteiger partial charge on any atom is 0.237 e. The van der Waals surface area contributed by atoms with Crippen molar-refractivity contribution in [1.82, 2.24) is 19.9 Å². The molecule has 0 aliphatic rings. The molecule has 2 heterocycles. The van der Waals surface area contributed by atoms with E-state index in [1.54, 1.807) is 18.7 Å². The molecule has 3 N–H and O–H groups in total. The highest BCUT2D eigenvalue weighted by Crippen LogP contribution is 2.05. The summed E-state index contributed by atoms with van der Waals surface area (Å²) in [6, 6.07) is 13.4. The molecule has 0 unspecified atom stereocenters. The molecule has 1 aromatic carbocycles. The number of nitrogens with zero attached hydrogens (tertiary/aromatic N) is 3. The highest BCUT2D eigenvalue weighted by atomic mass is 16.2. The molecule has 6 heteroatoms. The minimum absolute atomic E-state index is 0.161. The van der Waals surface area contributed by atoms with Crippen LogP contribution in [-0.4, -0.2) is 33.0 Å². The van der Waals surface area contributed by atoms with E-state index >= 15 is 0 Å². The predicted molar refractivity (Wildman–Crippen MR) is 100 cm³/mol. The minimum atomic E-state index is -0.607. The van der Waals surface area contributed by atoms with E-state index in [9.17, 15) is 4.79 Å². The summed E-state index contributed by atoms with van der Waals surface area (Å²) in [5.74, 6) is -0.161. The SMILES string of the molecule is N[C@@H](Cc1cn(Cc2ccccc2)cn1)C(=O)NCCc1cccnc1. The molecule has 0 fully saturated rings. The Labute approximate surface area is 153 Å². The van der Waals surface area contributed by atoms with Crippen molar-refractivity contribution >= 4 is 5.91 Å². The van der Waals surface area contributed by atoms with Crippen LogP contribution < -0.4 is 11.1 Å². The van der Waals surface area contributed by atoms with Crippen molar-refractivity contribution in [2.45, 2.75) is 25.4 Å². The molecule has 26 heavy (non-hydrogen) atoms. The zero-order chi connectivity index (χ0) is 18.2. The van der Waals surface area contributed by atoms with Crippen molar-refractivity contribution in [3.8, 4) is 0 Å². The number of rotatable bonds is 8. The van der Waals surface area contributed by atoms with E-state index in [1.165, 1.54) is 5.56 Å². The van der Waals surface area contributed by atoms with Crippen molar-refractivity contribution in [3.05, 3.63) is 84.2 Å². The third-order valence-corrected chi connectivity index (χ3v) is 4.10. The summed E-state index contributed by atoms with van der Waals surface area (Å²) in [7, 11) is 0. The van der Waals surface area contributed by atoms with Crippen LogP contribution in [0, 0.1) is 0 Å². The summed E-state index contributed by atoms with van der Waals surface area (Å²) < 4.78 is 2.00. The Morgan fingerprint density at radius 1 is 1.15 bits per heavy atom. The first-order valence-electron chi connectivity index (χ1n) is 8.67. The van der Waals surface area contributed by atoms with Crippen LogP contribution in [0.2, 0.25) is 0 Å². The van der Waals surface area contributed by atoms with Gasteiger partial charge in [-0.15, -0.1) is 0 Å². The molecule has 134 valence electrons. The fraction of sp³-hybridized carbons (Fsp3) is 0.250. The van der Waals surface area contributed by atoms with Crippen LogP contribution in [-0.2, 0) is 24.2 Å². The molecule has 0 radical (unpaired) electrons. The summed E-state index contributed by atoms with van der Waals surface area (Å²) >= 11 is 0. The van der Waals surface area contributed by atoms with Gasteiger partial charge < -0.3 is 15.6 Å². The van der Waals surface area contributed by atoms with Gasteiger partial charge in [0.25, 0.3) is 0 Å². The number of nitrogens with one attached hydrogen (secondary N) is 1. The monoisotopic (exact) mass is 349 g/mol. The number of carbonyl (C=O) groups is 1. The quantitative estimate of drug-likeness (QED) is 0.646. The summed E-state index contributed by atoms with van der Waals surface area (Å²) in [5.41, 5.74) is 9.12. The van der Waals surface area contributed by atoms with E-state index in [4.69, 9.17) is 5.73 Å². The number of hydrogen-bond donors (Lipinski definition) is 2. The van der Waals surface area contributed by atoms with Crippen molar-refractivity contribution in [2.75, 3.05) is 6.54 Å². The average Bonchev–Trinajstić information content (AvgIpc) is 3.10. The number of benzene rings is 1. The molecule has 1 atom stereocenters. The molecule has 3 rings (SSSR count). The lowest BCUT2D eigenvalue weighted by atomic mass is 10.1. The summed E-state index contributed by atoms with van der Waals surface area (Å²) in [5, 5.41) is 2.87. The van der Waals surface area contributed by atoms with Gasteiger partial charge in [0.2, 0.25) is 5.91 Å². The first-order valence-corrected chi connectivity index (χ1v) is 8.67. The largest absolute Gasteiger partial charge is 0.354 e. The van der Waals surface area contributed by atoms with Crippen LogP contribution in [0.3, 0.4) is 0 Å². The smallest absolute Gasteiger partial charge is 0.237 e. The van der Waals surface area contributed by atoms with Crippen LogP contribution in [0.25, 0.3) is 0 Å². The Morgan fingerprint density at radius 3 is 2.73 bits per heavy atom. The number of amides is 1. The van der Waals surface area contributed by atoms with Crippen LogP contribution in [0.1, 0.15) is 16.8 Å². The van der Waals surface area contributed by atoms with Crippen LogP contribution in [0.15, 0.2) is 67.4 Å². The number of aromatic nitrogens is 3. The third-order valence-electron chi connectivity index (χ3n) is 4.10. The average molecular weight is 349 g/mol. The third kappa shape index (κ3) is 5.26. The summed E-state index contributed by atoms with van der Waals surface area (Å²) in [6.45, 7) is 1.29. The number of imidazole rings is 1. The van der Waals surface area contributed by atoms with E-state index in [2.05, 4.69) is 27.4 Å². The van der Waals surface area contributed by atoms with Gasteiger partial charge >= 0.3 is 0 Å². The van der Waals surface area contributed by atoms with Gasteiger partial charge in [-0.2, -0.15) is 0 Å². The van der Waals surface area contributed by atoms with E-state index < -0.39 is 6.04 Å². The second kappa shape index (κ2) is 8.92. The number of pyridine rings is 1. The van der Waals surface area contributed by atoms with Crippen molar-refractivity contribution in [1.29, 1.82) is 0 Å². The number of carbonyl (C=O) groups excluding carboxylic acids is 1. The summed E-state index contributed by atoms with van der Waals surface area (Å²) in [4.78, 5) is 20.6. The Morgan fingerprint density at radius 2 is 1.96 bits per heavy atom. The number of nitrogens with two attached hydrogens (primary N) is 1. The standard InChI is InChI=1S/C20H23N5O/c21-19(20(26)23-10-8-16-7-4-9-22-12-16)11-18-14-25(15-24-18)13-17-5-2-1-3-6-17/h1-7,9,12,14-15,19H,8,10-11,13,21H2,(H,23,26)/t19-/m0/s1. The van der Waals surface area contributed by atoms with Gasteiger partial charge in [0, 0.05) is 38.1 Å². The van der Waals surface area contributed by atoms with Gasteiger partial charge in [-0.25, -0.2) is 4.98 Å². The lowest BCUT2D eigenvalue weighted by Gasteiger charge is -2.11. The van der Waals surface area contributed by atoms with Crippen LogP contribution >= 0.6 is 0 Å². The molecule has 0 bridgehead atoms. The second-order valence-electron chi connectivity index (χ2n) is 6.24. The molecular weight excluding hydrogens is 326 g/mol. The highest BCUT2D eigenvalue weighted by molar-refractivity contribution is 5.81. The van der Waals surface area contributed by atoms with Crippen LogP contribution in [0.5, 0.6) is 0 Å². The topological polar surface area (TPSA) is 85.8 Å². The van der Waals surface area contributed by atoms with Gasteiger partial charge in [-0.1, -0.05) is 36.4 Å². The molecular formula is C20H23N5O. The van der Waals surface area contributed by atoms with E-state index in [1.807, 2.05) is 41.1 Å². The molecule has 0 saturated heterocycles. The Balaban J connectivity index is 1.45. The fourth-order valence-corrected chi connectivity index (χ4v) is 2.72. The molecule has 2 aromatic heterocycles. The maximum absolute atomic E-state index is 12.1. The first-order chi connectivity index (χ1) is 12.7. The molecule has 3 aromatic rings. The van der Waals surface area contributed by atoms with Gasteiger partial charge in [0.05, 0.1) is 18.1 Å². The predicted octanol–water partition coefficient (Wildman–Crippen LogP) is 1.56. The Kier molecular flexibility index (Phi) is 6.11. The maximum atomic E-state index is 12.1. The van der Waals surface area contributed by atoms with Crippen molar-refractivity contribution < 1.29 is 4.79 Å². The van der Waals surface area contributed by atoms with Gasteiger partial charge in [-0.3, -0.25) is 9.78 Å². The van der Waals surface area contributed by atoms with E-state index in [-0.39, 0.29) is 5.91 Å². The van der Waals surface area contributed by atoms with Gasteiger partial charge in [0.15, 0.2) is 0 Å². The first kappa shape index (κ1) is 17.8. The normalized spacial score (nSPS) is 11.9. The molecule has 0 saturated carbocycles. The highest BCUT2D eigenvalue weighted by Gasteiger charge is 2.15. The zero-order valence-electron chi connectivity index (χ0n) is 14.6. The summed E-state index contributed by atoms with van der Waals surface area (Å²) in [6.07, 6.45) is 8.39. The molecule has 0 aliphatic heterocycles. The Hall–Kier alpha value is -2.99. The molecule has 1 amide bonds. The lowest BCUT2D eigenvalue weighted by molar-refractivity contribution is -0.122. The van der Waals surface area contributed by atoms with E-state index in [0.29, 0.717) is 13.0 Å². The van der Waals surface area contributed by atoms with E-state index in [0.717, 1.165) is 24.2 Å². The van der Waals surface area contributed by atoms with Crippen molar-refractivity contribution in [2.24, 2.45) is 5.73 Å². The Bertz CT molecular complexity index is 816. The molecule has 0 aliphatic carbocycles. The number of hydrogen-bond acceptors (Lipinski definition) is 4. The van der Waals surface area contributed by atoms with Gasteiger partial charge in [-0.05, 0) is 23.6 Å². The fourth-order valence-electron chi connectivity index (χ4n) is 2.72. The van der Waals surface area contributed by atoms with Crippen molar-refractivity contribution in [3.63, 3.8) is 0 Å². The lowest BCUT2D eigenvalue weighted by Crippen LogP contribution is -2.42. The molecule has 6 nitrogen and oxygen atoms in total. The second-order valence-corrected chi connectivity index (χ2v) is 6.24. The zero-order valence-corrected chi connectivity index (χ0v) is 14.6. The minimum Gasteiger partial charge on any atom is -0.354 e. The molecule has 0 spiro atoms. The van der Waals surface area contributed by atoms with Gasteiger partial charge in [0.1, 0.15) is 0 Å².